The van der Waals surface area contributed by atoms with Crippen molar-refractivity contribution in [2.75, 3.05) is 37.1 Å². The lowest BCUT2D eigenvalue weighted by atomic mass is 10.2. The maximum atomic E-state index is 13.2. The first-order valence-electron chi connectivity index (χ1n) is 7.92. The van der Waals surface area contributed by atoms with Gasteiger partial charge in [0.1, 0.15) is 12.4 Å². The molecule has 144 valence electrons. The smallest absolute Gasteiger partial charge is 0.304 e. The molecule has 2 aromatic rings. The molecule has 0 saturated heterocycles. The molecule has 0 fully saturated rings. The first-order valence-corrected chi connectivity index (χ1v) is 9.32. The second kappa shape index (κ2) is 7.41. The van der Waals surface area contributed by atoms with E-state index in [0.717, 1.165) is 20.7 Å². The minimum atomic E-state index is -3.96. The Balaban J connectivity index is 1.81. The molecular formula is C17H18FN3O5S. The van der Waals surface area contributed by atoms with Crippen LogP contribution in [0.15, 0.2) is 42.5 Å². The van der Waals surface area contributed by atoms with Crippen LogP contribution in [0, 0.1) is 5.82 Å². The number of nitrogens with one attached hydrogen (secondary N) is 1. The maximum absolute atomic E-state index is 13.2. The zero-order valence-electron chi connectivity index (χ0n) is 14.7. The van der Waals surface area contributed by atoms with Crippen LogP contribution in [0.25, 0.3) is 0 Å². The summed E-state index contributed by atoms with van der Waals surface area (Å²) in [5.41, 5.74) is 0.608. The molecule has 0 aliphatic carbocycles. The van der Waals surface area contributed by atoms with Crippen molar-refractivity contribution in [3.63, 3.8) is 0 Å². The van der Waals surface area contributed by atoms with E-state index in [0.29, 0.717) is 17.2 Å². The fourth-order valence-electron chi connectivity index (χ4n) is 2.42. The number of benzene rings is 2. The van der Waals surface area contributed by atoms with Crippen molar-refractivity contribution in [1.82, 2.24) is 4.31 Å². The summed E-state index contributed by atoms with van der Waals surface area (Å²) in [4.78, 5) is 12.5. The van der Waals surface area contributed by atoms with E-state index in [1.54, 1.807) is 18.2 Å². The minimum absolute atomic E-state index is 0.103. The topological polar surface area (TPSA) is 88.2 Å². The molecule has 1 heterocycles. The van der Waals surface area contributed by atoms with E-state index in [-0.39, 0.29) is 12.5 Å². The van der Waals surface area contributed by atoms with E-state index in [1.807, 2.05) is 0 Å². The van der Waals surface area contributed by atoms with E-state index in [9.17, 15) is 17.6 Å². The molecular weight excluding hydrogens is 377 g/mol. The Kier molecular flexibility index (Phi) is 5.19. The number of hydrogen-bond acceptors (Lipinski definition) is 5. The quantitative estimate of drug-likeness (QED) is 0.806. The molecule has 27 heavy (non-hydrogen) atoms. The highest BCUT2D eigenvalue weighted by Gasteiger charge is 2.27. The molecule has 1 amide bonds. The van der Waals surface area contributed by atoms with Gasteiger partial charge in [-0.05, 0) is 36.4 Å². The summed E-state index contributed by atoms with van der Waals surface area (Å²) < 4.78 is 50.7. The molecule has 3 rings (SSSR count). The van der Waals surface area contributed by atoms with Gasteiger partial charge in [0, 0.05) is 25.8 Å². The van der Waals surface area contributed by atoms with Gasteiger partial charge in [0.15, 0.2) is 11.5 Å². The van der Waals surface area contributed by atoms with Gasteiger partial charge in [-0.15, -0.1) is 0 Å². The Hall–Kier alpha value is -2.85. The molecule has 1 aliphatic rings. The normalized spacial score (nSPS) is 12.9. The number of anilines is 2. The second-order valence-electron chi connectivity index (χ2n) is 5.89. The largest absolute Gasteiger partial charge is 0.454 e. The Morgan fingerprint density at radius 1 is 1.11 bits per heavy atom. The summed E-state index contributed by atoms with van der Waals surface area (Å²) in [5.74, 6) is -0.0189. The molecule has 0 spiro atoms. The summed E-state index contributed by atoms with van der Waals surface area (Å²) in [6.45, 7) is -0.382. The van der Waals surface area contributed by atoms with Crippen molar-refractivity contribution in [2.24, 2.45) is 0 Å². The number of carbonyl (C=O) groups excluding carboxylic acids is 1. The Morgan fingerprint density at radius 2 is 1.78 bits per heavy atom. The van der Waals surface area contributed by atoms with Crippen molar-refractivity contribution in [3.05, 3.63) is 48.3 Å². The molecule has 0 saturated carbocycles. The first kappa shape index (κ1) is 18.9. The molecule has 10 heteroatoms. The molecule has 1 N–H and O–H groups in total. The van der Waals surface area contributed by atoms with Crippen molar-refractivity contribution >= 4 is 27.5 Å². The number of carbonyl (C=O) groups is 1. The first-order chi connectivity index (χ1) is 12.8. The summed E-state index contributed by atoms with van der Waals surface area (Å²) >= 11 is 0. The molecule has 8 nitrogen and oxygen atoms in total. The predicted molar refractivity (Wildman–Crippen MR) is 97.5 cm³/mol. The monoisotopic (exact) mass is 395 g/mol. The molecule has 0 bridgehead atoms. The van der Waals surface area contributed by atoms with Gasteiger partial charge in [0.2, 0.25) is 12.7 Å². The molecule has 0 unspecified atom stereocenters. The standard InChI is InChI=1S/C17H18FN3O5S/c1-20(2)27(23,24)21(14-6-3-12(18)4-7-14)10-17(22)19-13-5-8-15-16(9-13)26-11-25-15/h3-9H,10-11H2,1-2H3,(H,19,22). The minimum Gasteiger partial charge on any atom is -0.454 e. The van der Waals surface area contributed by atoms with Crippen LogP contribution in [0.2, 0.25) is 0 Å². The fourth-order valence-corrected chi connectivity index (χ4v) is 3.48. The lowest BCUT2D eigenvalue weighted by Gasteiger charge is -2.26. The van der Waals surface area contributed by atoms with E-state index in [4.69, 9.17) is 9.47 Å². The van der Waals surface area contributed by atoms with Gasteiger partial charge in [-0.1, -0.05) is 0 Å². The number of rotatable bonds is 6. The highest BCUT2D eigenvalue weighted by Crippen LogP contribution is 2.34. The number of fused-ring (bicyclic) bond motifs is 1. The van der Waals surface area contributed by atoms with Gasteiger partial charge >= 0.3 is 10.2 Å². The predicted octanol–water partition coefficient (Wildman–Crippen LogP) is 1.81. The van der Waals surface area contributed by atoms with Crippen molar-refractivity contribution in [3.8, 4) is 11.5 Å². The van der Waals surface area contributed by atoms with Crippen molar-refractivity contribution in [1.29, 1.82) is 0 Å². The number of amides is 1. The molecule has 1 aliphatic heterocycles. The summed E-state index contributed by atoms with van der Waals surface area (Å²) in [6, 6.07) is 9.70. The molecule has 2 aromatic carbocycles. The lowest BCUT2D eigenvalue weighted by molar-refractivity contribution is -0.114. The summed E-state index contributed by atoms with van der Waals surface area (Å²) in [6.07, 6.45) is 0. The third kappa shape index (κ3) is 4.12. The highest BCUT2D eigenvalue weighted by molar-refractivity contribution is 7.90. The lowest BCUT2D eigenvalue weighted by Crippen LogP contribution is -2.44. The number of hydrogen-bond donors (Lipinski definition) is 1. The zero-order chi connectivity index (χ0) is 19.6. The Morgan fingerprint density at radius 3 is 2.44 bits per heavy atom. The highest BCUT2D eigenvalue weighted by atomic mass is 32.2. The van der Waals surface area contributed by atoms with Gasteiger partial charge in [0.25, 0.3) is 0 Å². The summed E-state index contributed by atoms with van der Waals surface area (Å²) in [5, 5.41) is 2.62. The third-order valence-corrected chi connectivity index (χ3v) is 5.62. The zero-order valence-corrected chi connectivity index (χ0v) is 15.5. The van der Waals surface area contributed by atoms with Crippen LogP contribution in [0.4, 0.5) is 15.8 Å². The van der Waals surface area contributed by atoms with Crippen molar-refractivity contribution < 1.29 is 27.1 Å². The number of halogens is 1. The van der Waals surface area contributed by atoms with E-state index in [1.165, 1.54) is 26.2 Å². The van der Waals surface area contributed by atoms with Crippen LogP contribution in [-0.2, 0) is 15.0 Å². The van der Waals surface area contributed by atoms with Crippen LogP contribution in [0.3, 0.4) is 0 Å². The average Bonchev–Trinajstić information content (AvgIpc) is 3.08. The Labute approximate surface area is 156 Å². The van der Waals surface area contributed by atoms with E-state index >= 15 is 0 Å². The van der Waals surface area contributed by atoms with Gasteiger partial charge in [-0.2, -0.15) is 12.7 Å². The number of ether oxygens (including phenoxy) is 2. The molecule has 0 radical (unpaired) electrons. The second-order valence-corrected chi connectivity index (χ2v) is 7.96. The molecule has 0 aromatic heterocycles. The van der Waals surface area contributed by atoms with Crippen LogP contribution in [0.1, 0.15) is 0 Å². The van der Waals surface area contributed by atoms with Gasteiger partial charge < -0.3 is 14.8 Å². The maximum Gasteiger partial charge on any atom is 0.304 e. The van der Waals surface area contributed by atoms with Gasteiger partial charge in [-0.25, -0.2) is 8.70 Å². The van der Waals surface area contributed by atoms with Gasteiger partial charge in [-0.3, -0.25) is 4.79 Å². The third-order valence-electron chi connectivity index (χ3n) is 3.80. The Bertz CT molecular complexity index is 948. The fraction of sp³-hybridized carbons (Fsp3) is 0.235. The van der Waals surface area contributed by atoms with Crippen LogP contribution < -0.4 is 19.1 Å². The van der Waals surface area contributed by atoms with Crippen molar-refractivity contribution in [2.45, 2.75) is 0 Å². The summed E-state index contributed by atoms with van der Waals surface area (Å²) in [7, 11) is -1.27. The van der Waals surface area contributed by atoms with Gasteiger partial charge in [0.05, 0.1) is 5.69 Å². The SMILES string of the molecule is CN(C)S(=O)(=O)N(CC(=O)Nc1ccc2c(c1)OCO2)c1ccc(F)cc1. The average molecular weight is 395 g/mol. The van der Waals surface area contributed by atoms with Crippen LogP contribution in [0.5, 0.6) is 11.5 Å². The number of nitrogens with zero attached hydrogens (tertiary/aromatic N) is 2. The van der Waals surface area contributed by atoms with Crippen LogP contribution >= 0.6 is 0 Å². The molecule has 0 atom stereocenters. The van der Waals surface area contributed by atoms with E-state index in [2.05, 4.69) is 5.32 Å². The van der Waals surface area contributed by atoms with E-state index < -0.39 is 28.5 Å². The van der Waals surface area contributed by atoms with Crippen LogP contribution in [-0.4, -0.2) is 46.1 Å².